The maximum Gasteiger partial charge on any atom is 0.493 e. The highest BCUT2D eigenvalue weighted by molar-refractivity contribution is 6.61. The molecule has 3 rings (SSSR count). The van der Waals surface area contributed by atoms with Crippen LogP contribution in [0, 0.1) is 0 Å². The Morgan fingerprint density at radius 2 is 1.30 bits per heavy atom. The largest absolute Gasteiger partial charge is 0.493 e. The lowest BCUT2D eigenvalue weighted by molar-refractivity contribution is 0.198. The van der Waals surface area contributed by atoms with Gasteiger partial charge in [-0.2, -0.15) is 0 Å². The van der Waals surface area contributed by atoms with Gasteiger partial charge in [-0.15, -0.1) is 0 Å². The summed E-state index contributed by atoms with van der Waals surface area (Å²) < 4.78 is 11.7. The summed E-state index contributed by atoms with van der Waals surface area (Å²) in [5.41, 5.74) is 2.30. The van der Waals surface area contributed by atoms with E-state index in [1.54, 1.807) is 0 Å². The number of rotatable bonds is 2. The zero-order valence-corrected chi connectivity index (χ0v) is 11.4. The molecule has 1 fully saturated rings. The van der Waals surface area contributed by atoms with Gasteiger partial charge in [0.05, 0.1) is 0 Å². The van der Waals surface area contributed by atoms with E-state index in [0.29, 0.717) is 13.2 Å². The Labute approximate surface area is 120 Å². The first-order chi connectivity index (χ1) is 9.93. The summed E-state index contributed by atoms with van der Waals surface area (Å²) in [6, 6.07) is 20.5. The normalized spacial score (nSPS) is 16.6. The highest BCUT2D eigenvalue weighted by atomic mass is 16.6. The van der Waals surface area contributed by atoms with E-state index in [1.165, 1.54) is 5.69 Å². The minimum Gasteiger partial charge on any atom is -0.405 e. The fraction of sp³-hybridized carbons (Fsp3) is 0.250. The summed E-state index contributed by atoms with van der Waals surface area (Å²) in [4.78, 5) is 2.29. The molecule has 0 saturated carbocycles. The molecule has 20 heavy (non-hydrogen) atoms. The van der Waals surface area contributed by atoms with Gasteiger partial charge in [0.1, 0.15) is 0 Å². The van der Waals surface area contributed by atoms with Crippen molar-refractivity contribution in [2.24, 2.45) is 0 Å². The van der Waals surface area contributed by atoms with Crippen LogP contribution in [-0.4, -0.2) is 33.4 Å². The third kappa shape index (κ3) is 3.21. The average Bonchev–Trinajstić information content (AvgIpc) is 2.49. The Kier molecular flexibility index (Phi) is 4.36. The predicted octanol–water partition coefficient (Wildman–Crippen LogP) is 1.94. The topological polar surface area (TPSA) is 21.7 Å². The monoisotopic (exact) mass is 267 g/mol. The molecule has 0 atom stereocenters. The van der Waals surface area contributed by atoms with Crippen molar-refractivity contribution in [2.45, 2.75) is 0 Å². The first-order valence-electron chi connectivity index (χ1n) is 7.01. The van der Waals surface area contributed by atoms with Gasteiger partial charge in [-0.25, -0.2) is 0 Å². The van der Waals surface area contributed by atoms with E-state index in [0.717, 1.165) is 18.6 Å². The van der Waals surface area contributed by atoms with Crippen molar-refractivity contribution >= 4 is 18.3 Å². The molecule has 4 heteroatoms. The summed E-state index contributed by atoms with van der Waals surface area (Å²) in [6.45, 7) is 3.09. The second-order valence-corrected chi connectivity index (χ2v) is 4.81. The molecule has 2 aromatic carbocycles. The van der Waals surface area contributed by atoms with Crippen LogP contribution in [0.4, 0.5) is 5.69 Å². The van der Waals surface area contributed by atoms with Gasteiger partial charge in [-0.1, -0.05) is 48.5 Å². The van der Waals surface area contributed by atoms with E-state index in [1.807, 2.05) is 36.4 Å². The molecule has 102 valence electrons. The van der Waals surface area contributed by atoms with Crippen LogP contribution in [0.3, 0.4) is 0 Å². The molecule has 2 aromatic rings. The number of nitrogens with zero attached hydrogens (tertiary/aromatic N) is 1. The second kappa shape index (κ2) is 6.59. The second-order valence-electron chi connectivity index (χ2n) is 4.81. The Morgan fingerprint density at radius 1 is 0.750 bits per heavy atom. The van der Waals surface area contributed by atoms with E-state index < -0.39 is 0 Å². The molecule has 0 unspecified atom stereocenters. The maximum atomic E-state index is 5.86. The maximum absolute atomic E-state index is 5.86. The number of hydrogen-bond donors (Lipinski definition) is 0. The molecule has 0 bridgehead atoms. The van der Waals surface area contributed by atoms with Gasteiger partial charge >= 0.3 is 7.12 Å². The summed E-state index contributed by atoms with van der Waals surface area (Å²) in [7, 11) is -0.242. The van der Waals surface area contributed by atoms with Crippen LogP contribution in [0.5, 0.6) is 0 Å². The first kappa shape index (κ1) is 13.2. The van der Waals surface area contributed by atoms with Crippen LogP contribution in [0.25, 0.3) is 0 Å². The first-order valence-corrected chi connectivity index (χ1v) is 7.01. The zero-order valence-electron chi connectivity index (χ0n) is 11.4. The molecule has 0 spiro atoms. The Morgan fingerprint density at radius 3 is 1.90 bits per heavy atom. The van der Waals surface area contributed by atoms with Gasteiger partial charge in [-0.05, 0) is 17.6 Å². The minimum absolute atomic E-state index is 0.242. The number of benzene rings is 2. The van der Waals surface area contributed by atoms with Gasteiger partial charge < -0.3 is 14.2 Å². The summed E-state index contributed by atoms with van der Waals surface area (Å²) in [5.74, 6) is 0. The predicted molar refractivity (Wildman–Crippen MR) is 82.4 cm³/mol. The molecule has 1 aliphatic heterocycles. The Balaban J connectivity index is 1.62. The van der Waals surface area contributed by atoms with Crippen molar-refractivity contribution in [1.29, 1.82) is 0 Å². The molecule has 1 saturated heterocycles. The Bertz CT molecular complexity index is 463. The van der Waals surface area contributed by atoms with Gasteiger partial charge in [0, 0.05) is 32.0 Å². The molecule has 1 heterocycles. The SMILES string of the molecule is c1ccc(B2OCCN(c3ccccc3)CCO2)cc1. The van der Waals surface area contributed by atoms with Gasteiger partial charge in [0.2, 0.25) is 0 Å². The van der Waals surface area contributed by atoms with Crippen molar-refractivity contribution in [1.82, 2.24) is 0 Å². The standard InChI is InChI=1S/C16H18BNO2/c1-3-7-15(8-4-1)17-19-13-11-18(12-14-20-17)16-9-5-2-6-10-16/h1-10H,11-14H2. The molecule has 3 nitrogen and oxygen atoms in total. The van der Waals surface area contributed by atoms with E-state index in [2.05, 4.69) is 29.2 Å². The molecule has 0 aliphatic carbocycles. The summed E-state index contributed by atoms with van der Waals surface area (Å²) in [6.07, 6.45) is 0. The van der Waals surface area contributed by atoms with Crippen LogP contribution in [-0.2, 0) is 9.31 Å². The van der Waals surface area contributed by atoms with Crippen molar-refractivity contribution in [3.63, 3.8) is 0 Å². The lowest BCUT2D eigenvalue weighted by Gasteiger charge is -2.29. The molecule has 0 amide bonds. The van der Waals surface area contributed by atoms with Gasteiger partial charge in [0.15, 0.2) is 0 Å². The number of para-hydroxylation sites is 1. The van der Waals surface area contributed by atoms with E-state index in [-0.39, 0.29) is 7.12 Å². The lowest BCUT2D eigenvalue weighted by atomic mass is 9.79. The van der Waals surface area contributed by atoms with Crippen LogP contribution in [0.1, 0.15) is 0 Å². The van der Waals surface area contributed by atoms with Crippen molar-refractivity contribution in [3.8, 4) is 0 Å². The highest BCUT2D eigenvalue weighted by Gasteiger charge is 2.23. The molecular weight excluding hydrogens is 249 g/mol. The number of hydrogen-bond acceptors (Lipinski definition) is 3. The fourth-order valence-corrected chi connectivity index (χ4v) is 2.40. The molecular formula is C16H18BNO2. The fourth-order valence-electron chi connectivity index (χ4n) is 2.40. The third-order valence-electron chi connectivity index (χ3n) is 3.45. The third-order valence-corrected chi connectivity index (χ3v) is 3.45. The lowest BCUT2D eigenvalue weighted by Crippen LogP contribution is -2.44. The molecule has 1 aliphatic rings. The quantitative estimate of drug-likeness (QED) is 0.776. The van der Waals surface area contributed by atoms with E-state index in [9.17, 15) is 0 Å². The zero-order chi connectivity index (χ0) is 13.6. The van der Waals surface area contributed by atoms with Gasteiger partial charge in [0.25, 0.3) is 0 Å². The number of anilines is 1. The smallest absolute Gasteiger partial charge is 0.405 e. The van der Waals surface area contributed by atoms with Gasteiger partial charge in [-0.3, -0.25) is 0 Å². The van der Waals surface area contributed by atoms with E-state index >= 15 is 0 Å². The molecule has 0 aromatic heterocycles. The summed E-state index contributed by atoms with van der Waals surface area (Å²) >= 11 is 0. The van der Waals surface area contributed by atoms with E-state index in [4.69, 9.17) is 9.31 Å². The summed E-state index contributed by atoms with van der Waals surface area (Å²) in [5, 5.41) is 0. The molecule has 0 radical (unpaired) electrons. The minimum atomic E-state index is -0.242. The average molecular weight is 267 g/mol. The van der Waals surface area contributed by atoms with Crippen molar-refractivity contribution in [3.05, 3.63) is 60.7 Å². The highest BCUT2D eigenvalue weighted by Crippen LogP contribution is 2.13. The van der Waals surface area contributed by atoms with Crippen LogP contribution >= 0.6 is 0 Å². The van der Waals surface area contributed by atoms with Crippen LogP contribution in [0.2, 0.25) is 0 Å². The van der Waals surface area contributed by atoms with Crippen molar-refractivity contribution in [2.75, 3.05) is 31.2 Å². The van der Waals surface area contributed by atoms with Crippen LogP contribution in [0.15, 0.2) is 60.7 Å². The Hall–Kier alpha value is -1.78. The van der Waals surface area contributed by atoms with Crippen LogP contribution < -0.4 is 10.4 Å². The molecule has 0 N–H and O–H groups in total. The van der Waals surface area contributed by atoms with Crippen molar-refractivity contribution < 1.29 is 9.31 Å².